The quantitative estimate of drug-likeness (QED) is 0.593. The van der Waals surface area contributed by atoms with Gasteiger partial charge in [0, 0.05) is 18.8 Å². The van der Waals surface area contributed by atoms with Crippen molar-refractivity contribution < 1.29 is 4.79 Å². The highest BCUT2D eigenvalue weighted by atomic mass is 79.9. The molecular weight excluding hydrogens is 359 g/mol. The summed E-state index contributed by atoms with van der Waals surface area (Å²) in [4.78, 5) is 17.7. The van der Waals surface area contributed by atoms with Crippen LogP contribution in [0.4, 0.5) is 5.82 Å². The Labute approximate surface area is 115 Å². The molecule has 6 heteroatoms. The molecule has 1 aromatic rings. The van der Waals surface area contributed by atoms with Crippen molar-refractivity contribution in [1.29, 1.82) is 0 Å². The average Bonchev–Trinajstić information content (AvgIpc) is 2.64. The molecular formula is C10H9Br2ClN2O. The molecule has 1 aromatic heterocycles. The number of amides is 1. The van der Waals surface area contributed by atoms with Crippen LogP contribution in [0, 0.1) is 5.92 Å². The van der Waals surface area contributed by atoms with Gasteiger partial charge < -0.3 is 0 Å². The minimum Gasteiger partial charge on any atom is -0.296 e. The lowest BCUT2D eigenvalue weighted by molar-refractivity contribution is -0.117. The first kappa shape index (κ1) is 12.3. The van der Waals surface area contributed by atoms with Gasteiger partial charge in [0.05, 0.1) is 4.47 Å². The Morgan fingerprint density at radius 1 is 1.50 bits per heavy atom. The van der Waals surface area contributed by atoms with Crippen LogP contribution < -0.4 is 4.90 Å². The van der Waals surface area contributed by atoms with Crippen molar-refractivity contribution in [3.8, 4) is 0 Å². The number of alkyl halides is 1. The van der Waals surface area contributed by atoms with E-state index in [9.17, 15) is 4.79 Å². The maximum Gasteiger partial charge on any atom is 0.228 e. The van der Waals surface area contributed by atoms with Crippen LogP contribution in [0.5, 0.6) is 0 Å². The summed E-state index contributed by atoms with van der Waals surface area (Å²) in [6, 6.07) is 3.69. The molecule has 0 aromatic carbocycles. The van der Waals surface area contributed by atoms with Crippen molar-refractivity contribution in [1.82, 2.24) is 4.98 Å². The molecule has 0 N–H and O–H groups in total. The number of rotatable bonds is 2. The molecule has 1 aliphatic rings. The molecule has 1 saturated heterocycles. The summed E-state index contributed by atoms with van der Waals surface area (Å²) in [7, 11) is 0. The third-order valence-corrected chi connectivity index (χ3v) is 4.70. The highest BCUT2D eigenvalue weighted by molar-refractivity contribution is 9.13. The summed E-state index contributed by atoms with van der Waals surface area (Å²) in [5.74, 6) is 1.51. The summed E-state index contributed by atoms with van der Waals surface area (Å²) in [5.41, 5.74) is 0. The van der Waals surface area contributed by atoms with E-state index in [0.29, 0.717) is 29.3 Å². The van der Waals surface area contributed by atoms with Crippen molar-refractivity contribution in [2.45, 2.75) is 6.42 Å². The Morgan fingerprint density at radius 3 is 2.81 bits per heavy atom. The molecule has 1 amide bonds. The number of carbonyl (C=O) groups excluding carboxylic acids is 1. The van der Waals surface area contributed by atoms with Crippen LogP contribution in [0.2, 0.25) is 0 Å². The second-order valence-electron chi connectivity index (χ2n) is 3.67. The molecule has 0 radical (unpaired) electrons. The summed E-state index contributed by atoms with van der Waals surface area (Å²) >= 11 is 12.4. The average molecular weight is 368 g/mol. The molecule has 1 atom stereocenters. The summed E-state index contributed by atoms with van der Waals surface area (Å²) in [6.45, 7) is 0.656. The predicted octanol–water partition coefficient (Wildman–Crippen LogP) is 3.20. The van der Waals surface area contributed by atoms with Crippen LogP contribution >= 0.6 is 43.5 Å². The van der Waals surface area contributed by atoms with E-state index >= 15 is 0 Å². The van der Waals surface area contributed by atoms with Gasteiger partial charge in [-0.1, -0.05) is 0 Å². The van der Waals surface area contributed by atoms with Gasteiger partial charge in [0.25, 0.3) is 0 Å². The van der Waals surface area contributed by atoms with E-state index in [-0.39, 0.29) is 11.8 Å². The Balaban J connectivity index is 2.24. The zero-order valence-corrected chi connectivity index (χ0v) is 12.2. The van der Waals surface area contributed by atoms with Crippen LogP contribution in [-0.4, -0.2) is 23.3 Å². The molecule has 0 saturated carbocycles. The molecule has 0 bridgehead atoms. The molecule has 1 fully saturated rings. The van der Waals surface area contributed by atoms with Gasteiger partial charge in [-0.25, -0.2) is 4.98 Å². The lowest BCUT2D eigenvalue weighted by Crippen LogP contribution is -2.25. The van der Waals surface area contributed by atoms with Crippen molar-refractivity contribution in [2.24, 2.45) is 5.92 Å². The highest BCUT2D eigenvalue weighted by Gasteiger charge is 2.30. The summed E-state index contributed by atoms with van der Waals surface area (Å²) < 4.78 is 1.57. The van der Waals surface area contributed by atoms with Gasteiger partial charge in [0.15, 0.2) is 0 Å². The number of hydrogen-bond donors (Lipinski definition) is 0. The Hall–Kier alpha value is -0.130. The monoisotopic (exact) mass is 366 g/mol. The van der Waals surface area contributed by atoms with Gasteiger partial charge >= 0.3 is 0 Å². The fourth-order valence-corrected chi connectivity index (χ4v) is 2.41. The zero-order chi connectivity index (χ0) is 11.7. The van der Waals surface area contributed by atoms with Crippen LogP contribution in [0.25, 0.3) is 0 Å². The van der Waals surface area contributed by atoms with E-state index in [2.05, 4.69) is 36.8 Å². The molecule has 86 valence electrons. The first-order valence-corrected chi connectivity index (χ1v) is 6.92. The molecule has 1 unspecified atom stereocenters. The fourth-order valence-electron chi connectivity index (χ4n) is 1.66. The van der Waals surface area contributed by atoms with Gasteiger partial charge in [-0.3, -0.25) is 9.69 Å². The SMILES string of the molecule is O=C1CC(CCl)CN1c1ccc(Br)c(Br)n1. The lowest BCUT2D eigenvalue weighted by atomic mass is 10.1. The number of halogens is 3. The van der Waals surface area contributed by atoms with Gasteiger partial charge in [-0.2, -0.15) is 0 Å². The lowest BCUT2D eigenvalue weighted by Gasteiger charge is -2.15. The van der Waals surface area contributed by atoms with Crippen LogP contribution in [0.3, 0.4) is 0 Å². The standard InChI is InChI=1S/C10H9Br2ClN2O/c11-7-1-2-8(14-10(7)12)15-5-6(4-13)3-9(15)16/h1-2,6H,3-5H2. The third kappa shape index (κ3) is 2.41. The first-order valence-electron chi connectivity index (χ1n) is 4.80. The number of anilines is 1. The van der Waals surface area contributed by atoms with E-state index in [4.69, 9.17) is 11.6 Å². The van der Waals surface area contributed by atoms with Gasteiger partial charge in [0.1, 0.15) is 10.4 Å². The Morgan fingerprint density at radius 2 is 2.25 bits per heavy atom. The minimum atomic E-state index is 0.0902. The molecule has 16 heavy (non-hydrogen) atoms. The first-order chi connectivity index (χ1) is 7.61. The molecule has 2 rings (SSSR count). The van der Waals surface area contributed by atoms with Gasteiger partial charge in [-0.05, 0) is 49.9 Å². The second kappa shape index (κ2) is 5.02. The van der Waals surface area contributed by atoms with E-state index in [0.717, 1.165) is 4.47 Å². The normalized spacial score (nSPS) is 20.6. The summed E-state index contributed by atoms with van der Waals surface area (Å²) in [5, 5.41) is 0. The fraction of sp³-hybridized carbons (Fsp3) is 0.400. The minimum absolute atomic E-state index is 0.0902. The van der Waals surface area contributed by atoms with Gasteiger partial charge in [0.2, 0.25) is 5.91 Å². The molecule has 2 heterocycles. The zero-order valence-electron chi connectivity index (χ0n) is 8.29. The predicted molar refractivity (Wildman–Crippen MR) is 70.8 cm³/mol. The van der Waals surface area contributed by atoms with Crippen molar-refractivity contribution in [3.05, 3.63) is 21.2 Å². The molecule has 1 aliphatic heterocycles. The highest BCUT2D eigenvalue weighted by Crippen LogP contribution is 2.28. The number of hydrogen-bond acceptors (Lipinski definition) is 2. The summed E-state index contributed by atoms with van der Waals surface area (Å²) in [6.07, 6.45) is 0.513. The second-order valence-corrected chi connectivity index (χ2v) is 5.58. The molecule has 3 nitrogen and oxygen atoms in total. The maximum absolute atomic E-state index is 11.7. The van der Waals surface area contributed by atoms with Crippen LogP contribution in [0.1, 0.15) is 6.42 Å². The van der Waals surface area contributed by atoms with Crippen LogP contribution in [0.15, 0.2) is 21.2 Å². The van der Waals surface area contributed by atoms with E-state index in [1.54, 1.807) is 4.90 Å². The number of pyridine rings is 1. The van der Waals surface area contributed by atoms with E-state index in [1.165, 1.54) is 0 Å². The number of nitrogens with zero attached hydrogens (tertiary/aromatic N) is 2. The maximum atomic E-state index is 11.7. The van der Waals surface area contributed by atoms with Crippen molar-refractivity contribution in [3.63, 3.8) is 0 Å². The molecule has 0 aliphatic carbocycles. The van der Waals surface area contributed by atoms with Gasteiger partial charge in [-0.15, -0.1) is 11.6 Å². The number of aromatic nitrogens is 1. The van der Waals surface area contributed by atoms with Crippen molar-refractivity contribution in [2.75, 3.05) is 17.3 Å². The van der Waals surface area contributed by atoms with Crippen LogP contribution in [-0.2, 0) is 4.79 Å². The molecule has 0 spiro atoms. The Kier molecular flexibility index (Phi) is 3.87. The smallest absolute Gasteiger partial charge is 0.228 e. The Bertz CT molecular complexity index is 427. The van der Waals surface area contributed by atoms with E-state index in [1.807, 2.05) is 12.1 Å². The third-order valence-electron chi connectivity index (χ3n) is 2.49. The topological polar surface area (TPSA) is 33.2 Å². The van der Waals surface area contributed by atoms with Crippen molar-refractivity contribution >= 4 is 55.2 Å². The largest absolute Gasteiger partial charge is 0.296 e. The number of carbonyl (C=O) groups is 1. The van der Waals surface area contributed by atoms with E-state index < -0.39 is 0 Å².